The van der Waals surface area contributed by atoms with E-state index in [0.717, 1.165) is 0 Å². The molecule has 1 heterocycles. The number of para-hydroxylation sites is 1. The van der Waals surface area contributed by atoms with Crippen molar-refractivity contribution in [2.75, 3.05) is 19.5 Å². The second kappa shape index (κ2) is 9.48. The van der Waals surface area contributed by atoms with Gasteiger partial charge in [0.1, 0.15) is 5.58 Å². The Morgan fingerprint density at radius 3 is 2.33 bits per heavy atom. The Kier molecular flexibility index (Phi) is 6.31. The van der Waals surface area contributed by atoms with Crippen molar-refractivity contribution in [2.24, 2.45) is 0 Å². The number of ether oxygens (including phenoxy) is 3. The fraction of sp³-hybridized carbons (Fsp3) is 0.154. The summed E-state index contributed by atoms with van der Waals surface area (Å²) in [5.74, 6) is 0.834. The highest BCUT2D eigenvalue weighted by Crippen LogP contribution is 2.32. The lowest BCUT2D eigenvalue weighted by Crippen LogP contribution is -2.31. The number of carbonyl (C=O) groups is 1. The fourth-order valence-corrected chi connectivity index (χ4v) is 3.40. The smallest absolute Gasteiger partial charge is 0.265 e. The Hall–Kier alpha value is -4.26. The van der Waals surface area contributed by atoms with Gasteiger partial charge in [-0.2, -0.15) is 0 Å². The van der Waals surface area contributed by atoms with Gasteiger partial charge in [-0.15, -0.1) is 0 Å². The molecule has 168 valence electrons. The van der Waals surface area contributed by atoms with Gasteiger partial charge < -0.3 is 23.9 Å². The second-order valence-corrected chi connectivity index (χ2v) is 7.27. The first-order chi connectivity index (χ1) is 16.0. The highest BCUT2D eigenvalue weighted by atomic mass is 16.5. The maximum absolute atomic E-state index is 13.2. The Balaban J connectivity index is 1.66. The molecule has 0 saturated carbocycles. The van der Waals surface area contributed by atoms with Crippen molar-refractivity contribution in [1.29, 1.82) is 0 Å². The van der Waals surface area contributed by atoms with E-state index in [1.54, 1.807) is 49.4 Å². The molecule has 0 aliphatic heterocycles. The fourth-order valence-electron chi connectivity index (χ4n) is 3.40. The number of amides is 1. The summed E-state index contributed by atoms with van der Waals surface area (Å²) in [6.07, 6.45) is -0.982. The molecule has 1 N–H and O–H groups in total. The van der Waals surface area contributed by atoms with Crippen LogP contribution < -0.4 is 25.0 Å². The van der Waals surface area contributed by atoms with Crippen molar-refractivity contribution in [3.8, 4) is 28.6 Å². The predicted molar refractivity (Wildman–Crippen MR) is 126 cm³/mol. The summed E-state index contributed by atoms with van der Waals surface area (Å²) in [4.78, 5) is 26.1. The van der Waals surface area contributed by atoms with Crippen LogP contribution in [0, 0.1) is 0 Å². The predicted octanol–water partition coefficient (Wildman–Crippen LogP) is 4.88. The highest BCUT2D eigenvalue weighted by Gasteiger charge is 2.23. The SMILES string of the molecule is COc1ccc(NC(=O)C(C)Oc2c(-c3ccccc3)oc3ccccc3c2=O)cc1OC. The van der Waals surface area contributed by atoms with Gasteiger partial charge in [-0.1, -0.05) is 42.5 Å². The van der Waals surface area contributed by atoms with E-state index in [9.17, 15) is 9.59 Å². The summed E-state index contributed by atoms with van der Waals surface area (Å²) in [5.41, 5.74) is 1.27. The maximum Gasteiger partial charge on any atom is 0.265 e. The van der Waals surface area contributed by atoms with E-state index >= 15 is 0 Å². The molecule has 1 amide bonds. The molecule has 7 nitrogen and oxygen atoms in total. The Labute approximate surface area is 190 Å². The first-order valence-electron chi connectivity index (χ1n) is 10.3. The van der Waals surface area contributed by atoms with Crippen LogP contribution in [0.4, 0.5) is 5.69 Å². The van der Waals surface area contributed by atoms with E-state index in [0.29, 0.717) is 33.7 Å². The van der Waals surface area contributed by atoms with Crippen LogP contribution in [-0.4, -0.2) is 26.2 Å². The first-order valence-corrected chi connectivity index (χ1v) is 10.3. The number of rotatable bonds is 7. The lowest BCUT2D eigenvalue weighted by atomic mass is 10.1. The lowest BCUT2D eigenvalue weighted by Gasteiger charge is -2.17. The van der Waals surface area contributed by atoms with E-state index in [-0.39, 0.29) is 16.9 Å². The zero-order valence-corrected chi connectivity index (χ0v) is 18.5. The van der Waals surface area contributed by atoms with Gasteiger partial charge in [0.15, 0.2) is 23.4 Å². The van der Waals surface area contributed by atoms with Gasteiger partial charge in [0, 0.05) is 17.3 Å². The first kappa shape index (κ1) is 22.0. The molecule has 1 atom stereocenters. The number of hydrogen-bond donors (Lipinski definition) is 1. The van der Waals surface area contributed by atoms with Crippen molar-refractivity contribution < 1.29 is 23.4 Å². The van der Waals surface area contributed by atoms with Crippen molar-refractivity contribution in [3.05, 3.63) is 83.0 Å². The van der Waals surface area contributed by atoms with Crippen molar-refractivity contribution in [2.45, 2.75) is 13.0 Å². The number of fused-ring (bicyclic) bond motifs is 1. The molecule has 0 aliphatic carbocycles. The normalized spacial score (nSPS) is 11.6. The van der Waals surface area contributed by atoms with Crippen LogP contribution >= 0.6 is 0 Å². The summed E-state index contributed by atoms with van der Waals surface area (Å²) in [6.45, 7) is 1.57. The Bertz CT molecular complexity index is 1350. The van der Waals surface area contributed by atoms with E-state index in [1.807, 2.05) is 30.3 Å². The number of nitrogens with one attached hydrogen (secondary N) is 1. The highest BCUT2D eigenvalue weighted by molar-refractivity contribution is 5.94. The average Bonchev–Trinajstić information content (AvgIpc) is 2.85. The van der Waals surface area contributed by atoms with Gasteiger partial charge in [0.05, 0.1) is 19.6 Å². The third kappa shape index (κ3) is 4.52. The number of methoxy groups -OCH3 is 2. The molecule has 33 heavy (non-hydrogen) atoms. The molecule has 0 saturated heterocycles. The summed E-state index contributed by atoms with van der Waals surface area (Å²) in [6, 6.07) is 21.1. The molecule has 7 heteroatoms. The van der Waals surface area contributed by atoms with Crippen LogP contribution in [0.3, 0.4) is 0 Å². The molecule has 4 rings (SSSR count). The van der Waals surface area contributed by atoms with Gasteiger partial charge in [-0.25, -0.2) is 0 Å². The van der Waals surface area contributed by atoms with Crippen molar-refractivity contribution in [1.82, 2.24) is 0 Å². The minimum Gasteiger partial charge on any atom is -0.493 e. The van der Waals surface area contributed by atoms with E-state index < -0.39 is 12.0 Å². The second-order valence-electron chi connectivity index (χ2n) is 7.27. The minimum atomic E-state index is -0.982. The van der Waals surface area contributed by atoms with Crippen LogP contribution in [0.2, 0.25) is 0 Å². The number of benzene rings is 3. The third-order valence-corrected chi connectivity index (χ3v) is 5.11. The Morgan fingerprint density at radius 2 is 1.61 bits per heavy atom. The summed E-state index contributed by atoms with van der Waals surface area (Å²) >= 11 is 0. The summed E-state index contributed by atoms with van der Waals surface area (Å²) in [7, 11) is 3.05. The third-order valence-electron chi connectivity index (χ3n) is 5.11. The Morgan fingerprint density at radius 1 is 0.909 bits per heavy atom. The van der Waals surface area contributed by atoms with Crippen LogP contribution in [-0.2, 0) is 4.79 Å². The van der Waals surface area contributed by atoms with Crippen molar-refractivity contribution >= 4 is 22.6 Å². The molecular formula is C26H23NO6. The number of hydrogen-bond acceptors (Lipinski definition) is 6. The minimum absolute atomic E-state index is 0.0186. The molecule has 0 radical (unpaired) electrons. The van der Waals surface area contributed by atoms with Gasteiger partial charge in [-0.3, -0.25) is 9.59 Å². The van der Waals surface area contributed by atoms with Gasteiger partial charge in [0.2, 0.25) is 11.2 Å². The van der Waals surface area contributed by atoms with Gasteiger partial charge in [-0.05, 0) is 31.2 Å². The molecule has 3 aromatic carbocycles. The van der Waals surface area contributed by atoms with Crippen LogP contribution in [0.15, 0.2) is 82.0 Å². The molecule has 0 aliphatic rings. The zero-order valence-electron chi connectivity index (χ0n) is 18.5. The molecule has 0 spiro atoms. The van der Waals surface area contributed by atoms with E-state index in [2.05, 4.69) is 5.32 Å². The monoisotopic (exact) mass is 445 g/mol. The molecule has 0 fully saturated rings. The molecule has 1 unspecified atom stereocenters. The number of carbonyl (C=O) groups excluding carboxylic acids is 1. The van der Waals surface area contributed by atoms with Crippen LogP contribution in [0.1, 0.15) is 6.92 Å². The van der Waals surface area contributed by atoms with E-state index in [4.69, 9.17) is 18.6 Å². The van der Waals surface area contributed by atoms with Gasteiger partial charge >= 0.3 is 0 Å². The summed E-state index contributed by atoms with van der Waals surface area (Å²) < 4.78 is 22.4. The number of anilines is 1. The largest absolute Gasteiger partial charge is 0.493 e. The van der Waals surface area contributed by atoms with Crippen molar-refractivity contribution in [3.63, 3.8) is 0 Å². The molecule has 0 bridgehead atoms. The molecular weight excluding hydrogens is 422 g/mol. The topological polar surface area (TPSA) is 87.0 Å². The van der Waals surface area contributed by atoms with E-state index in [1.165, 1.54) is 14.2 Å². The van der Waals surface area contributed by atoms with Crippen LogP contribution in [0.5, 0.6) is 17.2 Å². The lowest BCUT2D eigenvalue weighted by molar-refractivity contribution is -0.122. The molecule has 4 aromatic rings. The van der Waals surface area contributed by atoms with Gasteiger partial charge in [0.25, 0.3) is 5.91 Å². The quantitative estimate of drug-likeness (QED) is 0.436. The molecule has 1 aromatic heterocycles. The zero-order chi connectivity index (χ0) is 23.4. The standard InChI is InChI=1S/C26H23NO6/c1-16(26(29)27-18-13-14-21(30-2)22(15-18)31-3)32-25-23(28)19-11-7-8-12-20(19)33-24(25)17-9-5-4-6-10-17/h4-16H,1-3H3,(H,27,29). The summed E-state index contributed by atoms with van der Waals surface area (Å²) in [5, 5.41) is 3.15. The maximum atomic E-state index is 13.2. The van der Waals surface area contributed by atoms with Crippen LogP contribution in [0.25, 0.3) is 22.3 Å². The average molecular weight is 445 g/mol.